The molecule has 0 atom stereocenters. The molecule has 0 saturated carbocycles. The quantitative estimate of drug-likeness (QED) is 0.172. The molecule has 2 aromatic carbocycles. The monoisotopic (exact) mass is 522 g/mol. The van der Waals surface area contributed by atoms with Gasteiger partial charge in [0.05, 0.1) is 10.7 Å². The first-order valence-corrected chi connectivity index (χ1v) is 11.8. The molecule has 0 unspecified atom stereocenters. The maximum atomic E-state index is 13.0. The summed E-state index contributed by atoms with van der Waals surface area (Å²) in [7, 11) is 2.81. The predicted molar refractivity (Wildman–Crippen MR) is 134 cm³/mol. The fraction of sp³-hybridized carbons (Fsp3) is 0.174. The smallest absolute Gasteiger partial charge is 0.332 e. The van der Waals surface area contributed by atoms with Gasteiger partial charge in [-0.3, -0.25) is 28.8 Å². The lowest BCUT2D eigenvalue weighted by Crippen LogP contribution is -2.37. The molecule has 0 saturated heterocycles. The summed E-state index contributed by atoms with van der Waals surface area (Å²) in [6, 6.07) is 10.6. The lowest BCUT2D eigenvalue weighted by molar-refractivity contribution is -0.384. The summed E-state index contributed by atoms with van der Waals surface area (Å²) >= 11 is 1.00. The Morgan fingerprint density at radius 2 is 1.81 bits per heavy atom. The van der Waals surface area contributed by atoms with Crippen molar-refractivity contribution in [1.82, 2.24) is 19.1 Å². The molecule has 1 N–H and O–H groups in total. The molecule has 2 aromatic heterocycles. The largest absolute Gasteiger partial charge is 0.454 e. The molecule has 0 spiro atoms. The minimum Gasteiger partial charge on any atom is -0.454 e. The zero-order valence-electron chi connectivity index (χ0n) is 19.5. The Morgan fingerprint density at radius 3 is 2.54 bits per heavy atom. The highest BCUT2D eigenvalue weighted by Crippen LogP contribution is 2.34. The Hall–Kier alpha value is -4.72. The zero-order valence-corrected chi connectivity index (χ0v) is 20.3. The number of nitrogens with one attached hydrogen (secondary N) is 1. The van der Waals surface area contributed by atoms with Gasteiger partial charge in [-0.05, 0) is 24.3 Å². The Kier molecular flexibility index (Phi) is 6.09. The normalized spacial score (nSPS) is 12.1. The number of hydrogen-bond donors (Lipinski definition) is 1. The summed E-state index contributed by atoms with van der Waals surface area (Å²) in [5, 5.41) is 14.0. The average molecular weight is 522 g/mol. The van der Waals surface area contributed by atoms with Crippen molar-refractivity contribution in [3.05, 3.63) is 73.4 Å². The highest BCUT2D eigenvalue weighted by Gasteiger charge is 2.20. The molecular formula is C23H18N6O7S. The van der Waals surface area contributed by atoms with E-state index in [4.69, 9.17) is 9.47 Å². The van der Waals surface area contributed by atoms with E-state index < -0.39 is 16.2 Å². The van der Waals surface area contributed by atoms with Crippen LogP contribution in [0.15, 0.2) is 57.1 Å². The molecule has 0 radical (unpaired) electrons. The van der Waals surface area contributed by atoms with Crippen LogP contribution in [0, 0.1) is 10.1 Å². The molecule has 0 bridgehead atoms. The summed E-state index contributed by atoms with van der Waals surface area (Å²) in [6.45, 7) is 0.109. The minimum absolute atomic E-state index is 0.0788. The van der Waals surface area contributed by atoms with Gasteiger partial charge in [-0.2, -0.15) is 0 Å². The van der Waals surface area contributed by atoms with Crippen LogP contribution in [0.4, 0.5) is 11.4 Å². The predicted octanol–water partition coefficient (Wildman–Crippen LogP) is 2.06. The number of fused-ring (bicyclic) bond motifs is 2. The fourth-order valence-electron chi connectivity index (χ4n) is 3.70. The molecule has 37 heavy (non-hydrogen) atoms. The Morgan fingerprint density at radius 1 is 1.08 bits per heavy atom. The van der Waals surface area contributed by atoms with Crippen molar-refractivity contribution in [1.29, 1.82) is 0 Å². The van der Waals surface area contributed by atoms with Gasteiger partial charge in [0.2, 0.25) is 12.7 Å². The molecule has 1 aliphatic rings. The maximum absolute atomic E-state index is 13.0. The van der Waals surface area contributed by atoms with Crippen LogP contribution >= 0.6 is 11.8 Å². The SMILES string of the molecule is Cn1c(=O)c2c(SCC(=O)Nc3ccc4c(c3)OCO4)nc(-c3ccc([N+](=O)[O-])cc3)nc2n(C)c1=O. The third-order valence-corrected chi connectivity index (χ3v) is 6.57. The van der Waals surface area contributed by atoms with Gasteiger partial charge in [0.15, 0.2) is 23.0 Å². The van der Waals surface area contributed by atoms with E-state index in [0.29, 0.717) is 22.7 Å². The van der Waals surface area contributed by atoms with Gasteiger partial charge < -0.3 is 14.8 Å². The maximum Gasteiger partial charge on any atom is 0.332 e. The van der Waals surface area contributed by atoms with Gasteiger partial charge in [-0.15, -0.1) is 0 Å². The number of anilines is 1. The third-order valence-electron chi connectivity index (χ3n) is 5.60. The molecule has 0 aliphatic carbocycles. The Bertz CT molecular complexity index is 1700. The summed E-state index contributed by atoms with van der Waals surface area (Å²) < 4.78 is 12.7. The standard InChI is InChI=1S/C23H18N6O7S/c1-27-20-18(22(31)28(2)23(27)32)21(26-19(25-20)12-3-6-14(7-4-12)29(33)34)37-10-17(30)24-13-5-8-15-16(9-13)36-11-35-15/h3-9H,10-11H2,1-2H3,(H,24,30). The van der Waals surface area contributed by atoms with E-state index in [1.165, 1.54) is 42.9 Å². The third kappa shape index (κ3) is 4.49. The van der Waals surface area contributed by atoms with E-state index in [2.05, 4.69) is 15.3 Å². The molecule has 0 fully saturated rings. The second-order valence-corrected chi connectivity index (χ2v) is 8.93. The van der Waals surface area contributed by atoms with Crippen molar-refractivity contribution in [2.45, 2.75) is 5.03 Å². The van der Waals surface area contributed by atoms with Crippen LogP contribution in [0.3, 0.4) is 0 Å². The number of hydrogen-bond acceptors (Lipinski definition) is 10. The molecule has 13 nitrogen and oxygen atoms in total. The lowest BCUT2D eigenvalue weighted by Gasteiger charge is -2.12. The molecule has 3 heterocycles. The van der Waals surface area contributed by atoms with Gasteiger partial charge >= 0.3 is 5.69 Å². The van der Waals surface area contributed by atoms with Crippen LogP contribution in [0.1, 0.15) is 0 Å². The highest BCUT2D eigenvalue weighted by molar-refractivity contribution is 8.00. The molecule has 1 amide bonds. The number of carbonyl (C=O) groups is 1. The molecule has 14 heteroatoms. The van der Waals surface area contributed by atoms with Crippen LogP contribution in [0.5, 0.6) is 11.5 Å². The first-order valence-electron chi connectivity index (χ1n) is 10.8. The number of carbonyl (C=O) groups excluding carboxylic acids is 1. The number of nitro benzene ring substituents is 1. The molecule has 188 valence electrons. The molecular weight excluding hydrogens is 504 g/mol. The minimum atomic E-state index is -0.605. The van der Waals surface area contributed by atoms with Gasteiger partial charge in [-0.25, -0.2) is 14.8 Å². The summed E-state index contributed by atoms with van der Waals surface area (Å²) in [4.78, 5) is 57.6. The number of aryl methyl sites for hydroxylation is 1. The number of thioether (sulfide) groups is 1. The summed E-state index contributed by atoms with van der Waals surface area (Å²) in [6.07, 6.45) is 0. The Labute approximate surface area is 211 Å². The number of rotatable bonds is 6. The number of nitrogens with zero attached hydrogens (tertiary/aromatic N) is 5. The van der Waals surface area contributed by atoms with Gasteiger partial charge in [0.1, 0.15) is 10.4 Å². The van der Waals surface area contributed by atoms with E-state index in [9.17, 15) is 24.5 Å². The first-order chi connectivity index (χ1) is 17.7. The Balaban J connectivity index is 1.50. The number of amides is 1. The lowest BCUT2D eigenvalue weighted by atomic mass is 10.2. The number of nitro groups is 1. The van der Waals surface area contributed by atoms with Crippen molar-refractivity contribution < 1.29 is 19.2 Å². The average Bonchev–Trinajstić information content (AvgIpc) is 3.37. The zero-order chi connectivity index (χ0) is 26.3. The van der Waals surface area contributed by atoms with E-state index in [0.717, 1.165) is 16.3 Å². The molecule has 4 aromatic rings. The van der Waals surface area contributed by atoms with Crippen LogP contribution in [0.25, 0.3) is 22.4 Å². The summed E-state index contributed by atoms with van der Waals surface area (Å²) in [5.74, 6) is 0.773. The van der Waals surface area contributed by atoms with Crippen LogP contribution in [-0.4, -0.2) is 42.5 Å². The second kappa shape index (κ2) is 9.39. The van der Waals surface area contributed by atoms with Crippen molar-refractivity contribution in [3.63, 3.8) is 0 Å². The van der Waals surface area contributed by atoms with E-state index in [1.54, 1.807) is 18.2 Å². The summed E-state index contributed by atoms with van der Waals surface area (Å²) in [5.41, 5.74) is -0.273. The van der Waals surface area contributed by atoms with Gasteiger partial charge in [-0.1, -0.05) is 11.8 Å². The van der Waals surface area contributed by atoms with Crippen molar-refractivity contribution in [2.75, 3.05) is 17.9 Å². The number of benzene rings is 2. The highest BCUT2D eigenvalue weighted by atomic mass is 32.2. The van der Waals surface area contributed by atoms with Gasteiger partial charge in [0.25, 0.3) is 11.2 Å². The number of non-ortho nitro benzene ring substituents is 1. The van der Waals surface area contributed by atoms with E-state index in [-0.39, 0.29) is 46.0 Å². The topological polar surface area (TPSA) is 160 Å². The van der Waals surface area contributed by atoms with Crippen LogP contribution < -0.4 is 26.0 Å². The van der Waals surface area contributed by atoms with Crippen molar-refractivity contribution in [3.8, 4) is 22.9 Å². The fourth-order valence-corrected chi connectivity index (χ4v) is 4.51. The number of ether oxygens (including phenoxy) is 2. The van der Waals surface area contributed by atoms with E-state index >= 15 is 0 Å². The van der Waals surface area contributed by atoms with Crippen molar-refractivity contribution >= 4 is 40.1 Å². The van der Waals surface area contributed by atoms with Gasteiger partial charge in [0, 0.05) is 43.5 Å². The van der Waals surface area contributed by atoms with Crippen LogP contribution in [0.2, 0.25) is 0 Å². The first kappa shape index (κ1) is 24.0. The molecule has 1 aliphatic heterocycles. The van der Waals surface area contributed by atoms with Crippen molar-refractivity contribution in [2.24, 2.45) is 14.1 Å². The van der Waals surface area contributed by atoms with Crippen LogP contribution in [-0.2, 0) is 18.9 Å². The van der Waals surface area contributed by atoms with E-state index in [1.807, 2.05) is 0 Å². The second-order valence-electron chi connectivity index (χ2n) is 7.97. The molecule has 5 rings (SSSR count). The number of aromatic nitrogens is 4.